The molecule has 0 bridgehead atoms. The summed E-state index contributed by atoms with van der Waals surface area (Å²) in [7, 11) is 1.56. The van der Waals surface area contributed by atoms with E-state index >= 15 is 0 Å². The molecule has 2 rings (SSSR count). The number of hydrogen-bond acceptors (Lipinski definition) is 5. The Morgan fingerprint density at radius 1 is 1.35 bits per heavy atom. The van der Waals surface area contributed by atoms with Gasteiger partial charge >= 0.3 is 0 Å². The summed E-state index contributed by atoms with van der Waals surface area (Å²) < 4.78 is 4.97. The van der Waals surface area contributed by atoms with Crippen LogP contribution in [0.1, 0.15) is 18.7 Å². The first-order valence-corrected chi connectivity index (χ1v) is 8.12. The number of thiophene rings is 1. The minimum atomic E-state index is -0.211. The molecular formula is C14H17NO3S2. The van der Waals surface area contributed by atoms with E-state index in [2.05, 4.69) is 0 Å². The second-order valence-corrected chi connectivity index (χ2v) is 7.14. The maximum Gasteiger partial charge on any atom is 0.268 e. The highest BCUT2D eigenvalue weighted by atomic mass is 32.2. The van der Waals surface area contributed by atoms with Crippen LogP contribution in [0.25, 0.3) is 5.57 Å². The van der Waals surface area contributed by atoms with E-state index in [4.69, 9.17) is 4.74 Å². The molecule has 4 nitrogen and oxygen atoms in total. The van der Waals surface area contributed by atoms with E-state index in [1.807, 2.05) is 31.4 Å². The minimum absolute atomic E-state index is 0.200. The predicted molar refractivity (Wildman–Crippen MR) is 82.6 cm³/mol. The fourth-order valence-corrected chi connectivity index (χ4v) is 3.75. The zero-order chi connectivity index (χ0) is 14.7. The number of carbonyl (C=O) groups excluding carboxylic acids is 2. The zero-order valence-electron chi connectivity index (χ0n) is 11.7. The van der Waals surface area contributed by atoms with Crippen LogP contribution < -0.4 is 0 Å². The van der Waals surface area contributed by atoms with Crippen molar-refractivity contribution in [1.29, 1.82) is 0 Å². The molecule has 0 saturated heterocycles. The molecule has 1 aromatic heterocycles. The Balaban J connectivity index is 2.37. The van der Waals surface area contributed by atoms with E-state index in [1.165, 1.54) is 28.0 Å². The molecule has 2 heterocycles. The van der Waals surface area contributed by atoms with Gasteiger partial charge in [0.25, 0.3) is 11.8 Å². The lowest BCUT2D eigenvalue weighted by Gasteiger charge is -2.14. The lowest BCUT2D eigenvalue weighted by atomic mass is 10.2. The molecular weight excluding hydrogens is 294 g/mol. The smallest absolute Gasteiger partial charge is 0.268 e. The van der Waals surface area contributed by atoms with Gasteiger partial charge in [0.2, 0.25) is 0 Å². The summed E-state index contributed by atoms with van der Waals surface area (Å²) in [4.78, 5) is 27.6. The van der Waals surface area contributed by atoms with Gasteiger partial charge < -0.3 is 4.74 Å². The molecule has 1 aliphatic rings. The van der Waals surface area contributed by atoms with E-state index in [-0.39, 0.29) is 17.1 Å². The van der Waals surface area contributed by atoms with Gasteiger partial charge in [0, 0.05) is 17.2 Å². The zero-order valence-corrected chi connectivity index (χ0v) is 13.3. The van der Waals surface area contributed by atoms with E-state index in [1.54, 1.807) is 7.11 Å². The number of methoxy groups -OCH3 is 1. The van der Waals surface area contributed by atoms with Crippen LogP contribution in [0.4, 0.5) is 0 Å². The number of rotatable bonds is 6. The second-order valence-electron chi connectivity index (χ2n) is 4.60. The average Bonchev–Trinajstić information content (AvgIpc) is 2.97. The topological polar surface area (TPSA) is 46.6 Å². The van der Waals surface area contributed by atoms with Crippen LogP contribution in [-0.4, -0.2) is 42.2 Å². The molecule has 20 heavy (non-hydrogen) atoms. The Morgan fingerprint density at radius 2 is 2.10 bits per heavy atom. The van der Waals surface area contributed by atoms with Crippen molar-refractivity contribution in [1.82, 2.24) is 4.90 Å². The van der Waals surface area contributed by atoms with Gasteiger partial charge in [-0.2, -0.15) is 0 Å². The van der Waals surface area contributed by atoms with Crippen molar-refractivity contribution in [3.05, 3.63) is 27.3 Å². The Bertz CT molecular complexity index is 535. The van der Waals surface area contributed by atoms with Crippen molar-refractivity contribution in [3.8, 4) is 0 Å². The summed E-state index contributed by atoms with van der Waals surface area (Å²) in [6.45, 7) is 4.68. The average molecular weight is 311 g/mol. The van der Waals surface area contributed by atoms with Crippen molar-refractivity contribution in [2.75, 3.05) is 20.3 Å². The van der Waals surface area contributed by atoms with Crippen LogP contribution in [0.3, 0.4) is 0 Å². The minimum Gasteiger partial charge on any atom is -0.383 e. The van der Waals surface area contributed by atoms with E-state index in [9.17, 15) is 9.59 Å². The molecule has 6 heteroatoms. The first kappa shape index (κ1) is 15.3. The van der Waals surface area contributed by atoms with Crippen LogP contribution in [0.15, 0.2) is 22.4 Å². The molecule has 1 aliphatic heterocycles. The maximum absolute atomic E-state index is 12.5. The SMILES string of the molecule is COCCN1C(=O)C(SC(C)C)=C(c2cccs2)C1=O. The van der Waals surface area contributed by atoms with E-state index in [0.29, 0.717) is 23.6 Å². The molecule has 0 fully saturated rings. The first-order chi connectivity index (χ1) is 9.56. The van der Waals surface area contributed by atoms with Crippen LogP contribution in [0.2, 0.25) is 0 Å². The number of carbonyl (C=O) groups is 2. The van der Waals surface area contributed by atoms with Gasteiger partial charge in [-0.1, -0.05) is 19.9 Å². The maximum atomic E-state index is 12.5. The highest BCUT2D eigenvalue weighted by molar-refractivity contribution is 8.04. The van der Waals surface area contributed by atoms with Gasteiger partial charge in [-0.25, -0.2) is 0 Å². The number of ether oxygens (including phenoxy) is 1. The summed E-state index contributed by atoms with van der Waals surface area (Å²) in [6.07, 6.45) is 0. The molecule has 0 spiro atoms. The van der Waals surface area contributed by atoms with Crippen LogP contribution in [0.5, 0.6) is 0 Å². The van der Waals surface area contributed by atoms with Crippen molar-refractivity contribution >= 4 is 40.5 Å². The Hall–Kier alpha value is -1.11. The number of imide groups is 1. The number of hydrogen-bond donors (Lipinski definition) is 0. The summed E-state index contributed by atoms with van der Waals surface area (Å²) in [5.41, 5.74) is 0.541. The van der Waals surface area contributed by atoms with Crippen molar-refractivity contribution in [2.45, 2.75) is 19.1 Å². The Morgan fingerprint density at radius 3 is 2.65 bits per heavy atom. The van der Waals surface area contributed by atoms with Crippen molar-refractivity contribution < 1.29 is 14.3 Å². The van der Waals surface area contributed by atoms with Gasteiger partial charge in [-0.3, -0.25) is 14.5 Å². The van der Waals surface area contributed by atoms with E-state index in [0.717, 1.165) is 4.88 Å². The largest absolute Gasteiger partial charge is 0.383 e. The third-order valence-electron chi connectivity index (χ3n) is 2.77. The fourth-order valence-electron chi connectivity index (χ4n) is 1.92. The molecule has 0 N–H and O–H groups in total. The number of thioether (sulfide) groups is 1. The highest BCUT2D eigenvalue weighted by Crippen LogP contribution is 2.39. The Kier molecular flexibility index (Phi) is 5.01. The molecule has 0 aromatic carbocycles. The van der Waals surface area contributed by atoms with Gasteiger partial charge in [-0.05, 0) is 11.4 Å². The second kappa shape index (κ2) is 6.56. The summed E-state index contributed by atoms with van der Waals surface area (Å²) in [5, 5.41) is 2.16. The summed E-state index contributed by atoms with van der Waals surface area (Å²) >= 11 is 2.93. The molecule has 2 amide bonds. The van der Waals surface area contributed by atoms with Gasteiger partial charge in [0.15, 0.2) is 0 Å². The predicted octanol–water partition coefficient (Wildman–Crippen LogP) is 2.62. The molecule has 1 aromatic rings. The van der Waals surface area contributed by atoms with Crippen molar-refractivity contribution in [2.24, 2.45) is 0 Å². The first-order valence-electron chi connectivity index (χ1n) is 6.36. The lowest BCUT2D eigenvalue weighted by Crippen LogP contribution is -2.34. The number of nitrogens with zero attached hydrogens (tertiary/aromatic N) is 1. The molecule has 0 atom stereocenters. The molecule has 0 aliphatic carbocycles. The van der Waals surface area contributed by atoms with Crippen LogP contribution >= 0.6 is 23.1 Å². The standard InChI is InChI=1S/C14H17NO3S2/c1-9(2)20-12-11(10-5-4-8-19-10)13(16)15(14(12)17)6-7-18-3/h4-5,8-9H,6-7H2,1-3H3. The summed E-state index contributed by atoms with van der Waals surface area (Å²) in [6, 6.07) is 3.77. The van der Waals surface area contributed by atoms with Crippen LogP contribution in [-0.2, 0) is 14.3 Å². The summed E-state index contributed by atoms with van der Waals surface area (Å²) in [5.74, 6) is -0.410. The Labute approximate surface area is 126 Å². The molecule has 108 valence electrons. The van der Waals surface area contributed by atoms with Gasteiger partial charge in [0.05, 0.1) is 23.6 Å². The normalized spacial score (nSPS) is 15.9. The molecule has 0 unspecified atom stereocenters. The third kappa shape index (κ3) is 2.97. The monoisotopic (exact) mass is 311 g/mol. The fraction of sp³-hybridized carbons (Fsp3) is 0.429. The lowest BCUT2D eigenvalue weighted by molar-refractivity contribution is -0.137. The number of amides is 2. The highest BCUT2D eigenvalue weighted by Gasteiger charge is 2.39. The van der Waals surface area contributed by atoms with Gasteiger partial charge in [-0.15, -0.1) is 23.1 Å². The van der Waals surface area contributed by atoms with Crippen molar-refractivity contribution in [3.63, 3.8) is 0 Å². The molecule has 0 radical (unpaired) electrons. The quantitative estimate of drug-likeness (QED) is 0.758. The molecule has 0 saturated carbocycles. The third-order valence-corrected chi connectivity index (χ3v) is 4.74. The van der Waals surface area contributed by atoms with Crippen LogP contribution in [0, 0.1) is 0 Å². The van der Waals surface area contributed by atoms with Gasteiger partial charge in [0.1, 0.15) is 0 Å². The van der Waals surface area contributed by atoms with E-state index < -0.39 is 0 Å².